The molecule has 2 aromatic heterocycles. The molecule has 0 saturated heterocycles. The molecule has 0 radical (unpaired) electrons. The SMILES string of the molecule is COc1cc(/C=c2/sc3n(c2=O)[C@@H](c2cccs2)C2=C(N=3)c3ccccc3CC2)ccc1C. The van der Waals surface area contributed by atoms with E-state index in [4.69, 9.17) is 9.73 Å². The minimum absolute atomic E-state index is 0.0158. The number of nitrogens with zero attached hydrogens (tertiary/aromatic N) is 2. The molecule has 6 heteroatoms. The minimum Gasteiger partial charge on any atom is -0.496 e. The first-order valence-corrected chi connectivity index (χ1v) is 12.6. The van der Waals surface area contributed by atoms with Crippen LogP contribution in [-0.4, -0.2) is 11.7 Å². The Labute approximate surface area is 199 Å². The summed E-state index contributed by atoms with van der Waals surface area (Å²) in [6, 6.07) is 18.6. The smallest absolute Gasteiger partial charge is 0.271 e. The van der Waals surface area contributed by atoms with Gasteiger partial charge in [0.15, 0.2) is 4.80 Å². The van der Waals surface area contributed by atoms with Crippen molar-refractivity contribution in [3.63, 3.8) is 0 Å². The number of aromatic nitrogens is 1. The van der Waals surface area contributed by atoms with Gasteiger partial charge in [0.2, 0.25) is 0 Å². The highest BCUT2D eigenvalue weighted by Gasteiger charge is 2.32. The third-order valence-corrected chi connectivity index (χ3v) is 8.32. The summed E-state index contributed by atoms with van der Waals surface area (Å²) in [6.45, 7) is 2.01. The van der Waals surface area contributed by atoms with Crippen LogP contribution in [0.25, 0.3) is 11.8 Å². The van der Waals surface area contributed by atoms with E-state index in [1.807, 2.05) is 35.8 Å². The van der Waals surface area contributed by atoms with E-state index < -0.39 is 0 Å². The number of fused-ring (bicyclic) bond motifs is 3. The van der Waals surface area contributed by atoms with E-state index >= 15 is 0 Å². The summed E-state index contributed by atoms with van der Waals surface area (Å²) in [5.74, 6) is 0.819. The lowest BCUT2D eigenvalue weighted by atomic mass is 9.85. The van der Waals surface area contributed by atoms with Crippen molar-refractivity contribution in [1.82, 2.24) is 4.57 Å². The van der Waals surface area contributed by atoms with Gasteiger partial charge in [-0.1, -0.05) is 53.8 Å². The van der Waals surface area contributed by atoms with Crippen molar-refractivity contribution in [2.45, 2.75) is 25.8 Å². The Morgan fingerprint density at radius 1 is 1.12 bits per heavy atom. The van der Waals surface area contributed by atoms with E-state index in [-0.39, 0.29) is 11.6 Å². The maximum absolute atomic E-state index is 13.7. The van der Waals surface area contributed by atoms with Crippen LogP contribution < -0.4 is 19.6 Å². The van der Waals surface area contributed by atoms with Crippen LogP contribution in [0.2, 0.25) is 0 Å². The van der Waals surface area contributed by atoms with Crippen LogP contribution in [0.4, 0.5) is 0 Å². The average Bonchev–Trinajstić information content (AvgIpc) is 3.47. The van der Waals surface area contributed by atoms with Crippen LogP contribution in [0.5, 0.6) is 5.75 Å². The number of benzene rings is 2. The zero-order chi connectivity index (χ0) is 22.5. The molecule has 0 bridgehead atoms. The summed E-state index contributed by atoms with van der Waals surface area (Å²) < 4.78 is 8.07. The van der Waals surface area contributed by atoms with Crippen molar-refractivity contribution in [3.8, 4) is 5.75 Å². The topological polar surface area (TPSA) is 43.6 Å². The first-order valence-electron chi connectivity index (χ1n) is 10.9. The van der Waals surface area contributed by atoms with Crippen molar-refractivity contribution in [2.24, 2.45) is 4.99 Å². The summed E-state index contributed by atoms with van der Waals surface area (Å²) in [4.78, 5) is 20.7. The first kappa shape index (κ1) is 20.4. The van der Waals surface area contributed by atoms with E-state index in [9.17, 15) is 4.79 Å². The zero-order valence-corrected chi connectivity index (χ0v) is 20.0. The van der Waals surface area contributed by atoms with E-state index in [2.05, 4.69) is 41.8 Å². The molecule has 2 aliphatic rings. The lowest BCUT2D eigenvalue weighted by molar-refractivity contribution is 0.411. The number of methoxy groups -OCH3 is 1. The maximum atomic E-state index is 13.7. The van der Waals surface area contributed by atoms with E-state index in [1.165, 1.54) is 32.9 Å². The fourth-order valence-corrected chi connectivity index (χ4v) is 6.64. The molecule has 6 rings (SSSR count). The molecular formula is C27H22N2O2S2. The summed E-state index contributed by atoms with van der Waals surface area (Å²) >= 11 is 3.16. The second kappa shape index (κ2) is 7.97. The summed E-state index contributed by atoms with van der Waals surface area (Å²) in [5.41, 5.74) is 6.84. The standard InChI is InChI=1S/C27H22N2O2S2/c1-16-9-10-17(14-21(16)31-2)15-23-26(30)29-25(22-8-5-13-32-22)20-12-11-18-6-3-4-7-19(18)24(20)28-27(29)33-23/h3-10,13-15,25H,11-12H2,1-2H3/b23-15+/t25-/m1/s1. The molecule has 33 heavy (non-hydrogen) atoms. The number of rotatable bonds is 3. The molecule has 0 fully saturated rings. The van der Waals surface area contributed by atoms with Crippen LogP contribution in [0, 0.1) is 6.92 Å². The lowest BCUT2D eigenvalue weighted by Crippen LogP contribution is -2.38. The molecule has 3 heterocycles. The predicted octanol–water partition coefficient (Wildman–Crippen LogP) is 4.70. The quantitative estimate of drug-likeness (QED) is 0.436. The van der Waals surface area contributed by atoms with Crippen LogP contribution in [-0.2, 0) is 6.42 Å². The maximum Gasteiger partial charge on any atom is 0.271 e. The number of thiazole rings is 1. The van der Waals surface area contributed by atoms with Gasteiger partial charge in [0.05, 0.1) is 23.4 Å². The van der Waals surface area contributed by atoms with Crippen molar-refractivity contribution in [2.75, 3.05) is 7.11 Å². The molecular weight excluding hydrogens is 448 g/mol. The summed E-state index contributed by atoms with van der Waals surface area (Å²) in [6.07, 6.45) is 3.84. The largest absolute Gasteiger partial charge is 0.496 e. The third kappa shape index (κ3) is 3.33. The van der Waals surface area contributed by atoms with Gasteiger partial charge in [0, 0.05) is 10.4 Å². The highest BCUT2D eigenvalue weighted by atomic mass is 32.1. The Hall–Kier alpha value is -3.22. The molecule has 0 N–H and O–H groups in total. The predicted molar refractivity (Wildman–Crippen MR) is 135 cm³/mol. The van der Waals surface area contributed by atoms with Crippen molar-refractivity contribution >= 4 is 34.4 Å². The van der Waals surface area contributed by atoms with Gasteiger partial charge in [0.1, 0.15) is 5.75 Å². The fraction of sp³-hybridized carbons (Fsp3) is 0.185. The first-order chi connectivity index (χ1) is 16.1. The second-order valence-corrected chi connectivity index (χ2v) is 10.3. The molecule has 1 atom stereocenters. The molecule has 0 saturated carbocycles. The third-order valence-electron chi connectivity index (χ3n) is 6.42. The second-order valence-electron chi connectivity index (χ2n) is 8.36. The fourth-order valence-electron chi connectivity index (χ4n) is 4.80. The molecule has 2 aromatic carbocycles. The number of ether oxygens (including phenoxy) is 1. The van der Waals surface area contributed by atoms with Gasteiger partial charge in [-0.3, -0.25) is 9.36 Å². The number of aryl methyl sites for hydroxylation is 2. The molecule has 0 spiro atoms. The number of thiophene rings is 1. The molecule has 4 nitrogen and oxygen atoms in total. The van der Waals surface area contributed by atoms with Gasteiger partial charge in [-0.05, 0) is 65.6 Å². The Balaban J connectivity index is 1.59. The van der Waals surface area contributed by atoms with Crippen LogP contribution in [0.1, 0.15) is 39.6 Å². The Morgan fingerprint density at radius 2 is 2.00 bits per heavy atom. The van der Waals surface area contributed by atoms with Crippen molar-refractivity contribution in [3.05, 3.63) is 112 Å². The van der Waals surface area contributed by atoms with E-state index in [0.717, 1.165) is 40.2 Å². The van der Waals surface area contributed by atoms with E-state index in [1.54, 1.807) is 18.4 Å². The van der Waals surface area contributed by atoms with Crippen molar-refractivity contribution in [1.29, 1.82) is 0 Å². The number of hydrogen-bond acceptors (Lipinski definition) is 5. The van der Waals surface area contributed by atoms with Crippen molar-refractivity contribution < 1.29 is 4.74 Å². The van der Waals surface area contributed by atoms with Gasteiger partial charge >= 0.3 is 0 Å². The monoisotopic (exact) mass is 470 g/mol. The lowest BCUT2D eigenvalue weighted by Gasteiger charge is -2.30. The Bertz CT molecular complexity index is 1590. The van der Waals surface area contributed by atoms with E-state index in [0.29, 0.717) is 4.53 Å². The minimum atomic E-state index is -0.0979. The van der Waals surface area contributed by atoms with Crippen LogP contribution in [0.15, 0.2) is 75.3 Å². The molecule has 0 unspecified atom stereocenters. The van der Waals surface area contributed by atoms with Crippen LogP contribution in [0.3, 0.4) is 0 Å². The molecule has 0 amide bonds. The summed E-state index contributed by atoms with van der Waals surface area (Å²) in [7, 11) is 1.67. The highest BCUT2D eigenvalue weighted by Crippen LogP contribution is 2.42. The number of allylic oxidation sites excluding steroid dienone is 1. The van der Waals surface area contributed by atoms with Gasteiger partial charge in [-0.2, -0.15) is 0 Å². The van der Waals surface area contributed by atoms with Gasteiger partial charge in [-0.25, -0.2) is 4.99 Å². The summed E-state index contributed by atoms with van der Waals surface area (Å²) in [5, 5.41) is 2.08. The average molecular weight is 471 g/mol. The molecule has 1 aliphatic carbocycles. The number of hydrogen-bond donors (Lipinski definition) is 0. The highest BCUT2D eigenvalue weighted by molar-refractivity contribution is 7.10. The Kier molecular flexibility index (Phi) is 4.93. The molecule has 4 aromatic rings. The van der Waals surface area contributed by atoms with Gasteiger partial charge in [-0.15, -0.1) is 11.3 Å². The normalized spacial score (nSPS) is 17.3. The van der Waals surface area contributed by atoms with Crippen LogP contribution >= 0.6 is 22.7 Å². The van der Waals surface area contributed by atoms with Gasteiger partial charge in [0.25, 0.3) is 5.56 Å². The zero-order valence-electron chi connectivity index (χ0n) is 18.4. The Morgan fingerprint density at radius 3 is 2.82 bits per heavy atom. The molecule has 1 aliphatic heterocycles. The molecule has 164 valence electrons. The van der Waals surface area contributed by atoms with Gasteiger partial charge < -0.3 is 4.74 Å².